The first-order chi connectivity index (χ1) is 4.74. The third-order valence-corrected chi connectivity index (χ3v) is 2.05. The maximum atomic E-state index is 3.94. The summed E-state index contributed by atoms with van der Waals surface area (Å²) in [5, 5.41) is 3.53. The minimum atomic E-state index is 0.618. The second-order valence-corrected chi connectivity index (χ2v) is 3.55. The van der Waals surface area contributed by atoms with E-state index < -0.39 is 0 Å². The van der Waals surface area contributed by atoms with Crippen molar-refractivity contribution in [1.29, 1.82) is 0 Å². The lowest BCUT2D eigenvalue weighted by Gasteiger charge is -2.18. The molecule has 1 heteroatoms. The third-order valence-electron chi connectivity index (χ3n) is 2.05. The lowest BCUT2D eigenvalue weighted by Crippen LogP contribution is -2.35. The van der Waals surface area contributed by atoms with E-state index in [0.717, 1.165) is 12.3 Å². The topological polar surface area (TPSA) is 12.0 Å². The first-order valence-corrected chi connectivity index (χ1v) is 4.29. The van der Waals surface area contributed by atoms with Crippen molar-refractivity contribution in [2.45, 2.75) is 45.2 Å². The van der Waals surface area contributed by atoms with Crippen molar-refractivity contribution in [3.8, 4) is 0 Å². The summed E-state index contributed by atoms with van der Waals surface area (Å²) in [6.45, 7) is 8.34. The van der Waals surface area contributed by atoms with Gasteiger partial charge in [0.15, 0.2) is 0 Å². The number of hydrogen-bond donors (Lipinski definition) is 1. The second kappa shape index (κ2) is 3.38. The van der Waals surface area contributed by atoms with Crippen LogP contribution in [-0.2, 0) is 0 Å². The Labute approximate surface area is 64.2 Å². The van der Waals surface area contributed by atoms with Crippen molar-refractivity contribution in [3.63, 3.8) is 0 Å². The van der Waals surface area contributed by atoms with E-state index in [1.807, 2.05) is 0 Å². The summed E-state index contributed by atoms with van der Waals surface area (Å²) in [6.07, 6.45) is 3.88. The summed E-state index contributed by atoms with van der Waals surface area (Å²) in [7, 11) is 0. The molecule has 1 rings (SSSR count). The third kappa shape index (κ3) is 2.30. The molecular formula is C9H18N. The maximum Gasteiger partial charge on any atom is 0.00976 e. The minimum Gasteiger partial charge on any atom is -0.312 e. The fraction of sp³-hybridized carbons (Fsp3) is 0.889. The SMILES string of the molecule is [CH2]CC(NC(C)C)C1CC1. The summed E-state index contributed by atoms with van der Waals surface area (Å²) < 4.78 is 0. The molecule has 0 aromatic heterocycles. The highest BCUT2D eigenvalue weighted by molar-refractivity contribution is 4.87. The summed E-state index contributed by atoms with van der Waals surface area (Å²) >= 11 is 0. The van der Waals surface area contributed by atoms with Crippen molar-refractivity contribution in [2.24, 2.45) is 5.92 Å². The zero-order valence-electron chi connectivity index (χ0n) is 7.06. The Kier molecular flexibility index (Phi) is 2.72. The highest BCUT2D eigenvalue weighted by Crippen LogP contribution is 2.33. The Balaban J connectivity index is 2.19. The molecule has 59 valence electrons. The fourth-order valence-corrected chi connectivity index (χ4v) is 1.38. The predicted octanol–water partition coefficient (Wildman–Crippen LogP) is 1.99. The van der Waals surface area contributed by atoms with Crippen molar-refractivity contribution in [1.82, 2.24) is 5.32 Å². The van der Waals surface area contributed by atoms with Crippen LogP contribution in [0.25, 0.3) is 0 Å². The first kappa shape index (κ1) is 8.06. The molecule has 0 aromatic carbocycles. The molecule has 0 aliphatic heterocycles. The Morgan fingerprint density at radius 1 is 1.50 bits per heavy atom. The molecule has 1 aliphatic rings. The van der Waals surface area contributed by atoms with E-state index in [0.29, 0.717) is 12.1 Å². The summed E-state index contributed by atoms with van der Waals surface area (Å²) in [6, 6.07) is 1.31. The van der Waals surface area contributed by atoms with E-state index in [4.69, 9.17) is 0 Å². The number of nitrogens with one attached hydrogen (secondary N) is 1. The maximum absolute atomic E-state index is 3.94. The molecule has 10 heavy (non-hydrogen) atoms. The normalized spacial score (nSPS) is 21.6. The number of rotatable bonds is 4. The van der Waals surface area contributed by atoms with Gasteiger partial charge in [0, 0.05) is 12.1 Å². The van der Waals surface area contributed by atoms with Gasteiger partial charge >= 0.3 is 0 Å². The van der Waals surface area contributed by atoms with Gasteiger partial charge in [-0.25, -0.2) is 0 Å². The lowest BCUT2D eigenvalue weighted by molar-refractivity contribution is 0.424. The standard InChI is InChI=1S/C9H18N/c1-4-9(8-5-6-8)10-7(2)3/h7-10H,1,4-6H2,2-3H3. The van der Waals surface area contributed by atoms with Gasteiger partial charge in [-0.1, -0.05) is 20.8 Å². The molecule has 1 aliphatic carbocycles. The van der Waals surface area contributed by atoms with Crippen LogP contribution in [0.2, 0.25) is 0 Å². The predicted molar refractivity (Wildman–Crippen MR) is 44.8 cm³/mol. The van der Waals surface area contributed by atoms with Gasteiger partial charge < -0.3 is 5.32 Å². The van der Waals surface area contributed by atoms with Gasteiger partial charge in [0.1, 0.15) is 0 Å². The van der Waals surface area contributed by atoms with E-state index in [9.17, 15) is 0 Å². The fourth-order valence-electron chi connectivity index (χ4n) is 1.38. The highest BCUT2D eigenvalue weighted by Gasteiger charge is 2.29. The van der Waals surface area contributed by atoms with Crippen LogP contribution in [0.4, 0.5) is 0 Å². The van der Waals surface area contributed by atoms with Crippen molar-refractivity contribution in [2.75, 3.05) is 0 Å². The molecule has 1 radical (unpaired) electrons. The Morgan fingerprint density at radius 2 is 2.10 bits per heavy atom. The molecule has 1 nitrogen and oxygen atoms in total. The average molecular weight is 140 g/mol. The minimum absolute atomic E-state index is 0.618. The summed E-state index contributed by atoms with van der Waals surface area (Å²) in [4.78, 5) is 0. The van der Waals surface area contributed by atoms with Gasteiger partial charge in [-0.2, -0.15) is 0 Å². The average Bonchev–Trinajstić information content (AvgIpc) is 2.63. The quantitative estimate of drug-likeness (QED) is 0.629. The Bertz CT molecular complexity index is 94.9. The van der Waals surface area contributed by atoms with Gasteiger partial charge in [0.2, 0.25) is 0 Å². The lowest BCUT2D eigenvalue weighted by atomic mass is 10.1. The van der Waals surface area contributed by atoms with Gasteiger partial charge in [-0.3, -0.25) is 0 Å². The van der Waals surface area contributed by atoms with E-state index in [-0.39, 0.29) is 0 Å². The summed E-state index contributed by atoms with van der Waals surface area (Å²) in [5.41, 5.74) is 0. The monoisotopic (exact) mass is 140 g/mol. The van der Waals surface area contributed by atoms with Gasteiger partial charge in [-0.15, -0.1) is 0 Å². The molecule has 1 N–H and O–H groups in total. The molecule has 1 saturated carbocycles. The zero-order valence-corrected chi connectivity index (χ0v) is 7.06. The van der Waals surface area contributed by atoms with Crippen LogP contribution in [0.5, 0.6) is 0 Å². The molecular weight excluding hydrogens is 122 g/mol. The van der Waals surface area contributed by atoms with Crippen LogP contribution >= 0.6 is 0 Å². The van der Waals surface area contributed by atoms with E-state index in [2.05, 4.69) is 26.1 Å². The molecule has 0 bridgehead atoms. The molecule has 1 unspecified atom stereocenters. The van der Waals surface area contributed by atoms with Crippen LogP contribution < -0.4 is 5.32 Å². The first-order valence-electron chi connectivity index (χ1n) is 4.29. The van der Waals surface area contributed by atoms with Crippen LogP contribution in [0.15, 0.2) is 0 Å². The Morgan fingerprint density at radius 3 is 2.40 bits per heavy atom. The molecule has 0 saturated heterocycles. The van der Waals surface area contributed by atoms with E-state index >= 15 is 0 Å². The second-order valence-electron chi connectivity index (χ2n) is 3.55. The molecule has 1 atom stereocenters. The van der Waals surface area contributed by atoms with Gasteiger partial charge in [0.25, 0.3) is 0 Å². The molecule has 0 heterocycles. The molecule has 1 fully saturated rings. The van der Waals surface area contributed by atoms with Crippen LogP contribution in [0.1, 0.15) is 33.1 Å². The van der Waals surface area contributed by atoms with E-state index in [1.54, 1.807) is 0 Å². The van der Waals surface area contributed by atoms with Crippen LogP contribution in [0, 0.1) is 12.8 Å². The smallest absolute Gasteiger partial charge is 0.00976 e. The van der Waals surface area contributed by atoms with Crippen molar-refractivity contribution in [3.05, 3.63) is 6.92 Å². The zero-order chi connectivity index (χ0) is 7.56. The van der Waals surface area contributed by atoms with E-state index in [1.165, 1.54) is 12.8 Å². The van der Waals surface area contributed by atoms with Crippen LogP contribution in [-0.4, -0.2) is 12.1 Å². The molecule has 0 amide bonds. The molecule has 0 spiro atoms. The van der Waals surface area contributed by atoms with Crippen LogP contribution in [0.3, 0.4) is 0 Å². The van der Waals surface area contributed by atoms with Gasteiger partial charge in [0.05, 0.1) is 0 Å². The Hall–Kier alpha value is -0.0400. The molecule has 0 aromatic rings. The van der Waals surface area contributed by atoms with Crippen molar-refractivity contribution < 1.29 is 0 Å². The largest absolute Gasteiger partial charge is 0.312 e. The summed E-state index contributed by atoms with van der Waals surface area (Å²) in [5.74, 6) is 0.944. The number of hydrogen-bond acceptors (Lipinski definition) is 1. The highest BCUT2D eigenvalue weighted by atomic mass is 14.9. The van der Waals surface area contributed by atoms with Crippen molar-refractivity contribution >= 4 is 0 Å². The van der Waals surface area contributed by atoms with Gasteiger partial charge in [-0.05, 0) is 25.2 Å².